The molecule has 42 heavy (non-hydrogen) atoms. The average Bonchev–Trinajstić information content (AvgIpc) is 3.55. The van der Waals surface area contributed by atoms with E-state index in [2.05, 4.69) is 89.4 Å². The van der Waals surface area contributed by atoms with Crippen LogP contribution in [-0.2, 0) is 18.8 Å². The number of hydrogen-bond donors (Lipinski definition) is 2. The molecule has 0 aliphatic rings. The van der Waals surface area contributed by atoms with Gasteiger partial charge in [0, 0.05) is 14.1 Å². The van der Waals surface area contributed by atoms with Gasteiger partial charge in [-0.1, -0.05) is 7.43 Å². The third-order valence-electron chi connectivity index (χ3n) is 4.10. The van der Waals surface area contributed by atoms with Crippen molar-refractivity contribution in [1.82, 2.24) is 19.6 Å². The number of carbonyl (C=O) groups excluding carboxylic acids is 1. The molecule has 0 unspecified atom stereocenters. The van der Waals surface area contributed by atoms with E-state index in [1.54, 1.807) is 43.3 Å². The molecule has 0 aliphatic heterocycles. The predicted molar refractivity (Wildman–Crippen MR) is 210 cm³/mol. The van der Waals surface area contributed by atoms with E-state index in [0.717, 1.165) is 0 Å². The summed E-state index contributed by atoms with van der Waals surface area (Å²) in [4.78, 5) is 21.4. The Balaban J connectivity index is 0.000000566. The third-order valence-corrected chi connectivity index (χ3v) is 252. The first-order valence-corrected chi connectivity index (χ1v) is 48.3. The van der Waals surface area contributed by atoms with Crippen LogP contribution in [0.2, 0.25) is 0 Å². The van der Waals surface area contributed by atoms with Gasteiger partial charge >= 0.3 is 115 Å². The summed E-state index contributed by atoms with van der Waals surface area (Å²) in [6.07, 6.45) is 6.23. The number of hydrogen-bond acceptors (Lipinski definition) is 7. The van der Waals surface area contributed by atoms with Crippen LogP contribution < -0.4 is 18.0 Å². The molecule has 2 aromatic carbocycles. The van der Waals surface area contributed by atoms with Crippen LogP contribution in [0.5, 0.6) is 17.2 Å². The molecule has 0 bridgehead atoms. The van der Waals surface area contributed by atoms with Gasteiger partial charge in [0.05, 0.1) is 43.0 Å². The molecule has 2 N–H and O–H groups in total. The van der Waals surface area contributed by atoms with Crippen molar-refractivity contribution in [2.75, 3.05) is 7.11 Å². The fourth-order valence-electron chi connectivity index (χ4n) is 2.38. The van der Waals surface area contributed by atoms with E-state index in [1.165, 1.54) is 60.6 Å². The van der Waals surface area contributed by atoms with Gasteiger partial charge in [-0.3, -0.25) is 9.36 Å². The minimum absolute atomic E-state index is 0. The zero-order valence-corrected chi connectivity index (χ0v) is 36.4. The molecule has 18 heteroatoms. The van der Waals surface area contributed by atoms with Gasteiger partial charge < -0.3 is 19.7 Å². The number of carboxylic acid groups (broad SMARTS) is 1. The van der Waals surface area contributed by atoms with Gasteiger partial charge in [-0.25, -0.2) is 14.0 Å². The van der Waals surface area contributed by atoms with Crippen molar-refractivity contribution in [2.24, 2.45) is 14.1 Å². The van der Waals surface area contributed by atoms with Crippen molar-refractivity contribution in [1.29, 1.82) is 0 Å². The van der Waals surface area contributed by atoms with E-state index in [4.69, 9.17) is 14.9 Å². The second-order valence-corrected chi connectivity index (χ2v) is 121. The van der Waals surface area contributed by atoms with E-state index >= 15 is 0 Å². The first-order chi connectivity index (χ1) is 19.4. The van der Waals surface area contributed by atoms with Gasteiger partial charge in [0.15, 0.2) is 11.5 Å². The summed E-state index contributed by atoms with van der Waals surface area (Å²) in [5.74, 6) is -0.360. The fourth-order valence-corrected chi connectivity index (χ4v) is 212. The molecular formula is C24H27FI7N4O6-. The molecule has 4 aromatic rings. The number of benzene rings is 2. The van der Waals surface area contributed by atoms with Crippen LogP contribution in [0.1, 0.15) is 28.1 Å². The zero-order chi connectivity index (χ0) is 30.9. The van der Waals surface area contributed by atoms with E-state index in [0.29, 0.717) is 30.3 Å². The number of aromatic hydroxyl groups is 1. The Morgan fingerprint density at radius 2 is 1.43 bits per heavy atom. The Morgan fingerprint density at radius 1 is 0.905 bits per heavy atom. The molecular weight excluding hydrogens is 1350 g/mol. The molecule has 0 saturated heterocycles. The van der Waals surface area contributed by atoms with Crippen LogP contribution in [0.4, 0.5) is 4.39 Å². The number of aromatic nitrogens is 4. The molecule has 2 heterocycles. The van der Waals surface area contributed by atoms with Gasteiger partial charge in [-0.2, -0.15) is 10.2 Å². The maximum absolute atomic E-state index is 12.3. The second kappa shape index (κ2) is 23.7. The number of methoxy groups -OCH3 is 1. The van der Waals surface area contributed by atoms with Crippen molar-refractivity contribution >= 4 is 102 Å². The summed E-state index contributed by atoms with van der Waals surface area (Å²) in [6, 6.07) is 11.4. The molecule has 236 valence electrons. The summed E-state index contributed by atoms with van der Waals surface area (Å²) in [5.41, 5.74) is 0.590. The number of rotatable bonds is 6. The SMILES string of the molecule is C.COC(=O)c1ccc(F)cc1.Cn1cc(O)cn1.Cn1cc(Oc2ccc(C(=O)O)cc2)cn1.I[I-]I(I)I(I)I. The molecule has 2 aromatic heterocycles. The van der Waals surface area contributed by atoms with Gasteiger partial charge in [-0.15, -0.1) is 0 Å². The van der Waals surface area contributed by atoms with Gasteiger partial charge in [-0.05, 0) is 48.5 Å². The van der Waals surface area contributed by atoms with Crippen molar-refractivity contribution in [3.63, 3.8) is 0 Å². The van der Waals surface area contributed by atoms with E-state index in [-0.39, 0.29) is 40.3 Å². The average molecular weight is 1370 g/mol. The van der Waals surface area contributed by atoms with Crippen LogP contribution in [0, 0.1) is 5.82 Å². The number of ether oxygens (including phenoxy) is 2. The number of carbonyl (C=O) groups is 2. The van der Waals surface area contributed by atoms with E-state index in [9.17, 15) is 14.0 Å². The van der Waals surface area contributed by atoms with Crippen molar-refractivity contribution in [2.45, 2.75) is 7.43 Å². The summed E-state index contributed by atoms with van der Waals surface area (Å²) >= 11 is 11.4. The molecule has 10 nitrogen and oxygen atoms in total. The summed E-state index contributed by atoms with van der Waals surface area (Å²) < 4.78 is 25.3. The third kappa shape index (κ3) is 18.4. The summed E-state index contributed by atoms with van der Waals surface area (Å²) in [7, 11) is 4.33. The first kappa shape index (κ1) is 42.4. The predicted octanol–water partition coefficient (Wildman–Crippen LogP) is 6.60. The topological polar surface area (TPSA) is 129 Å². The Hall–Kier alpha value is 0.440. The van der Waals surface area contributed by atoms with Gasteiger partial charge in [0.1, 0.15) is 11.6 Å². The van der Waals surface area contributed by atoms with Gasteiger partial charge in [0.2, 0.25) is 0 Å². The molecule has 0 fully saturated rings. The number of carboxylic acids is 1. The Morgan fingerprint density at radius 3 is 1.76 bits per heavy atom. The number of esters is 1. The first-order valence-electron chi connectivity index (χ1n) is 10.5. The Kier molecular flexibility index (Phi) is 24.0. The van der Waals surface area contributed by atoms with Crippen LogP contribution in [0.25, 0.3) is 0 Å². The zero-order valence-electron chi connectivity index (χ0n) is 21.3. The number of nitrogens with zero attached hydrogens (tertiary/aromatic N) is 4. The van der Waals surface area contributed by atoms with Crippen LogP contribution in [0.3, 0.4) is 0 Å². The quantitative estimate of drug-likeness (QED) is 0.163. The van der Waals surface area contributed by atoms with Crippen molar-refractivity contribution < 1.29 is 46.9 Å². The number of halogens is 8. The second-order valence-electron chi connectivity index (χ2n) is 7.03. The van der Waals surface area contributed by atoms with Crippen LogP contribution in [-0.4, -0.2) is 48.8 Å². The molecule has 0 saturated carbocycles. The van der Waals surface area contributed by atoms with Crippen molar-refractivity contribution in [3.8, 4) is 17.2 Å². The monoisotopic (exact) mass is 1370 g/mol. The molecule has 0 amide bonds. The molecule has 0 aliphatic carbocycles. The van der Waals surface area contributed by atoms with Crippen LogP contribution >= 0.6 is 90.3 Å². The van der Waals surface area contributed by atoms with Crippen LogP contribution in [0.15, 0.2) is 73.3 Å². The summed E-state index contributed by atoms with van der Waals surface area (Å²) in [5, 5.41) is 24.9. The maximum atomic E-state index is 12.3. The molecule has 0 atom stereocenters. The fraction of sp³-hybridized carbons (Fsp3) is 0.167. The number of aromatic carboxylic acids is 1. The van der Waals surface area contributed by atoms with Gasteiger partial charge in [0.25, 0.3) is 0 Å². The standard InChI is InChI=1S/C11H10N2O3.C8H7FO2.C4H6N2O.CH4.I7/c1-13-7-10(6-12-13)16-9-4-2-8(3-5-9)11(14)15;1-11-8(10)6-2-4-7(9)5-3-6;1-6-3-4(7)2-5-6;;1-5-7(4)6(2)3/h2-7H,1H3,(H,14,15);2-5H,1H3;2-3,7H,1H3;1H4;/q;;;;-1. The molecule has 0 radical (unpaired) electrons. The Labute approximate surface area is 299 Å². The Bertz CT molecular complexity index is 1330. The van der Waals surface area contributed by atoms with Crippen molar-refractivity contribution in [3.05, 3.63) is 90.3 Å². The number of aryl methyl sites for hydroxylation is 2. The van der Waals surface area contributed by atoms with E-state index in [1.807, 2.05) is 0 Å². The molecule has 0 spiro atoms. The molecule has 4 rings (SSSR count). The summed E-state index contributed by atoms with van der Waals surface area (Å²) in [6.45, 7) is 0. The normalized spacial score (nSPS) is 10.2. The minimum atomic E-state index is -0.951. The van der Waals surface area contributed by atoms with E-state index < -0.39 is 11.9 Å².